The molecule has 0 spiro atoms. The van der Waals surface area contributed by atoms with E-state index in [2.05, 4.69) is 25.6 Å². The van der Waals surface area contributed by atoms with Crippen molar-refractivity contribution in [2.45, 2.75) is 6.54 Å². The summed E-state index contributed by atoms with van der Waals surface area (Å²) >= 11 is 5.95. The fourth-order valence-electron chi connectivity index (χ4n) is 2.58. The average molecular weight is 459 g/mol. The summed E-state index contributed by atoms with van der Waals surface area (Å²) in [6, 6.07) is 17.1. The van der Waals surface area contributed by atoms with Crippen molar-refractivity contribution in [3.05, 3.63) is 65.2 Å². The van der Waals surface area contributed by atoms with Gasteiger partial charge < -0.3 is 30.6 Å². The first kappa shape index (κ1) is 23.7. The van der Waals surface area contributed by atoms with E-state index in [1.54, 1.807) is 0 Å². The van der Waals surface area contributed by atoms with Gasteiger partial charge in [0.25, 0.3) is 0 Å². The number of anilines is 2. The Morgan fingerprint density at radius 1 is 0.781 bits per heavy atom. The minimum Gasteiger partial charge on any atom is -0.424 e. The normalized spacial score (nSPS) is 10.7. The Morgan fingerprint density at radius 3 is 2.19 bits per heavy atom. The molecule has 10 heteroatoms. The Kier molecular flexibility index (Phi) is 9.94. The minimum atomic E-state index is 0.184. The molecule has 3 aromatic rings. The molecule has 2 aromatic carbocycles. The first-order valence-corrected chi connectivity index (χ1v) is 10.7. The second kappa shape index (κ2) is 13.4. The van der Waals surface area contributed by atoms with Crippen molar-refractivity contribution in [2.75, 3.05) is 50.2 Å². The molecule has 0 saturated carbocycles. The molecular formula is C22H27ClN6O3. The molecule has 0 fully saturated rings. The fraction of sp³-hybridized carbons (Fsp3) is 0.318. The summed E-state index contributed by atoms with van der Waals surface area (Å²) in [4.78, 5) is 13.1. The number of halogens is 1. The minimum absolute atomic E-state index is 0.184. The fourth-order valence-corrected chi connectivity index (χ4v) is 2.70. The number of para-hydroxylation sites is 1. The lowest BCUT2D eigenvalue weighted by Gasteiger charge is -2.11. The van der Waals surface area contributed by atoms with Crippen LogP contribution in [0, 0.1) is 0 Å². The maximum Gasteiger partial charge on any atom is 0.328 e. The first-order chi connectivity index (χ1) is 15.7. The molecule has 0 aliphatic carbocycles. The highest BCUT2D eigenvalue weighted by Crippen LogP contribution is 2.20. The molecule has 4 N–H and O–H groups in total. The van der Waals surface area contributed by atoms with Gasteiger partial charge in [0.1, 0.15) is 5.75 Å². The van der Waals surface area contributed by atoms with Gasteiger partial charge in [-0.3, -0.25) is 0 Å². The van der Waals surface area contributed by atoms with Gasteiger partial charge in [-0.25, -0.2) is 0 Å². The zero-order chi connectivity index (χ0) is 22.4. The third kappa shape index (κ3) is 8.64. The predicted molar refractivity (Wildman–Crippen MR) is 124 cm³/mol. The first-order valence-electron chi connectivity index (χ1n) is 10.3. The third-order valence-electron chi connectivity index (χ3n) is 4.09. The summed E-state index contributed by atoms with van der Waals surface area (Å²) in [5, 5.41) is 7.01. The Morgan fingerprint density at radius 2 is 1.47 bits per heavy atom. The molecule has 0 atom stereocenters. The number of hydrogen-bond donors (Lipinski definition) is 3. The summed E-state index contributed by atoms with van der Waals surface area (Å²) in [6.07, 6.45) is 0. The molecular weight excluding hydrogens is 432 g/mol. The van der Waals surface area contributed by atoms with Crippen molar-refractivity contribution in [1.29, 1.82) is 0 Å². The highest BCUT2D eigenvalue weighted by molar-refractivity contribution is 6.30. The monoisotopic (exact) mass is 458 g/mol. The quantitative estimate of drug-likeness (QED) is 0.312. The van der Waals surface area contributed by atoms with E-state index in [0.717, 1.165) is 5.56 Å². The Bertz CT molecular complexity index is 931. The maximum atomic E-state index is 5.95. The molecule has 1 heterocycles. The lowest BCUT2D eigenvalue weighted by molar-refractivity contribution is 0.0547. The van der Waals surface area contributed by atoms with Crippen LogP contribution in [0.15, 0.2) is 54.6 Å². The molecule has 9 nitrogen and oxygen atoms in total. The van der Waals surface area contributed by atoms with Crippen LogP contribution < -0.4 is 21.1 Å². The standard InChI is InChI=1S/C22H27ClN6O3/c23-18-8-6-17(7-9-18)16-26-21-27-20(25-11-13-31-15-14-30-12-10-24)28-22(29-21)32-19-4-2-1-3-5-19/h1-9H,10-16,24H2,(H2,25,26,27,28,29). The van der Waals surface area contributed by atoms with Crippen molar-refractivity contribution < 1.29 is 14.2 Å². The van der Waals surface area contributed by atoms with E-state index in [4.69, 9.17) is 31.5 Å². The number of nitrogens with one attached hydrogen (secondary N) is 2. The van der Waals surface area contributed by atoms with Crippen LogP contribution >= 0.6 is 11.6 Å². The van der Waals surface area contributed by atoms with Crippen LogP contribution in [0.2, 0.25) is 5.02 Å². The van der Waals surface area contributed by atoms with E-state index in [-0.39, 0.29) is 6.01 Å². The Labute approximate surface area is 192 Å². The molecule has 3 rings (SSSR count). The highest BCUT2D eigenvalue weighted by atomic mass is 35.5. The number of ether oxygens (including phenoxy) is 3. The Hall–Kier alpha value is -2.98. The zero-order valence-corrected chi connectivity index (χ0v) is 18.4. The van der Waals surface area contributed by atoms with Crippen molar-refractivity contribution in [3.63, 3.8) is 0 Å². The number of rotatable bonds is 14. The van der Waals surface area contributed by atoms with Gasteiger partial charge in [-0.2, -0.15) is 15.0 Å². The van der Waals surface area contributed by atoms with Gasteiger partial charge in [0, 0.05) is 24.7 Å². The number of aromatic nitrogens is 3. The summed E-state index contributed by atoms with van der Waals surface area (Å²) in [7, 11) is 0. The van der Waals surface area contributed by atoms with Crippen molar-refractivity contribution in [1.82, 2.24) is 15.0 Å². The van der Waals surface area contributed by atoms with Crippen molar-refractivity contribution in [3.8, 4) is 11.8 Å². The molecule has 0 unspecified atom stereocenters. The predicted octanol–water partition coefficient (Wildman–Crippen LogP) is 3.33. The number of nitrogens with zero attached hydrogens (tertiary/aromatic N) is 3. The molecule has 0 saturated heterocycles. The van der Waals surface area contributed by atoms with Gasteiger partial charge in [-0.15, -0.1) is 0 Å². The molecule has 0 radical (unpaired) electrons. The van der Waals surface area contributed by atoms with Gasteiger partial charge in [0.2, 0.25) is 11.9 Å². The second-order valence-corrected chi connectivity index (χ2v) is 7.04. The molecule has 32 heavy (non-hydrogen) atoms. The van der Waals surface area contributed by atoms with Gasteiger partial charge in [0.15, 0.2) is 0 Å². The van der Waals surface area contributed by atoms with Crippen LogP contribution in [-0.4, -0.2) is 54.5 Å². The third-order valence-corrected chi connectivity index (χ3v) is 4.35. The van der Waals surface area contributed by atoms with Crippen LogP contribution in [-0.2, 0) is 16.0 Å². The van der Waals surface area contributed by atoms with Crippen LogP contribution in [0.1, 0.15) is 5.56 Å². The topological polar surface area (TPSA) is 116 Å². The van der Waals surface area contributed by atoms with E-state index in [0.29, 0.717) is 68.7 Å². The number of benzene rings is 2. The van der Waals surface area contributed by atoms with Crippen LogP contribution in [0.25, 0.3) is 0 Å². The summed E-state index contributed by atoms with van der Waals surface area (Å²) in [5.41, 5.74) is 6.42. The maximum absolute atomic E-state index is 5.95. The van der Waals surface area contributed by atoms with Crippen LogP contribution in [0.4, 0.5) is 11.9 Å². The van der Waals surface area contributed by atoms with Crippen LogP contribution in [0.3, 0.4) is 0 Å². The largest absolute Gasteiger partial charge is 0.424 e. The Balaban J connectivity index is 1.58. The van der Waals surface area contributed by atoms with E-state index in [1.165, 1.54) is 0 Å². The van der Waals surface area contributed by atoms with Gasteiger partial charge in [-0.1, -0.05) is 41.9 Å². The lowest BCUT2D eigenvalue weighted by Crippen LogP contribution is -2.16. The molecule has 0 aliphatic rings. The molecule has 170 valence electrons. The SMILES string of the molecule is NCCOCCOCCNc1nc(NCc2ccc(Cl)cc2)nc(Oc2ccccc2)n1. The summed E-state index contributed by atoms with van der Waals surface area (Å²) in [6.45, 7) is 3.55. The van der Waals surface area contributed by atoms with Gasteiger partial charge in [-0.05, 0) is 29.8 Å². The number of nitrogens with two attached hydrogens (primary N) is 1. The lowest BCUT2D eigenvalue weighted by atomic mass is 10.2. The van der Waals surface area contributed by atoms with E-state index in [9.17, 15) is 0 Å². The molecule has 0 amide bonds. The summed E-state index contributed by atoms with van der Waals surface area (Å²) in [5.74, 6) is 1.40. The summed E-state index contributed by atoms with van der Waals surface area (Å²) < 4.78 is 16.6. The zero-order valence-electron chi connectivity index (χ0n) is 17.7. The van der Waals surface area contributed by atoms with E-state index >= 15 is 0 Å². The number of hydrogen-bond acceptors (Lipinski definition) is 9. The molecule has 1 aromatic heterocycles. The molecule has 0 aliphatic heterocycles. The molecule has 0 bridgehead atoms. The van der Waals surface area contributed by atoms with Gasteiger partial charge >= 0.3 is 6.01 Å². The van der Waals surface area contributed by atoms with Crippen molar-refractivity contribution >= 4 is 23.5 Å². The van der Waals surface area contributed by atoms with E-state index < -0.39 is 0 Å². The smallest absolute Gasteiger partial charge is 0.328 e. The average Bonchev–Trinajstić information content (AvgIpc) is 2.81. The van der Waals surface area contributed by atoms with Crippen LogP contribution in [0.5, 0.6) is 11.8 Å². The highest BCUT2D eigenvalue weighted by Gasteiger charge is 2.09. The van der Waals surface area contributed by atoms with Gasteiger partial charge in [0.05, 0.1) is 26.4 Å². The van der Waals surface area contributed by atoms with Crippen molar-refractivity contribution in [2.24, 2.45) is 5.73 Å². The van der Waals surface area contributed by atoms with E-state index in [1.807, 2.05) is 54.6 Å². The second-order valence-electron chi connectivity index (χ2n) is 6.60.